The summed E-state index contributed by atoms with van der Waals surface area (Å²) < 4.78 is 39.5. The Balaban J connectivity index is 4.70. The van der Waals surface area contributed by atoms with E-state index in [1.165, 1.54) is 148 Å². The number of allylic oxidation sites excluding steroid dienone is 4. The molecule has 0 spiro atoms. The number of carbonyl (C=O) groups is 3. The number of ether oxygens (including phenoxy) is 3. The molecule has 0 heterocycles. The molecule has 0 saturated carbocycles. The summed E-state index contributed by atoms with van der Waals surface area (Å²) in [4.78, 5) is 48.5. The lowest BCUT2D eigenvalue weighted by Gasteiger charge is -2.21. The fraction of sp³-hybridized carbons (Fsp3) is 0.879. The summed E-state index contributed by atoms with van der Waals surface area (Å²) in [5.74, 6) is -1.46. The van der Waals surface area contributed by atoms with Crippen LogP contribution in [0.15, 0.2) is 24.3 Å². The van der Waals surface area contributed by atoms with E-state index in [9.17, 15) is 28.9 Å². The molecule has 12 heteroatoms. The van der Waals surface area contributed by atoms with Crippen molar-refractivity contribution in [3.63, 3.8) is 0 Å². The summed E-state index contributed by atoms with van der Waals surface area (Å²) in [5, 5.41) is 9.79. The first-order valence-corrected chi connectivity index (χ1v) is 30.7. The van der Waals surface area contributed by atoms with Crippen molar-refractivity contribution in [3.8, 4) is 0 Å². The second-order valence-corrected chi connectivity index (χ2v) is 21.3. The fourth-order valence-corrected chi connectivity index (χ4v) is 9.13. The highest BCUT2D eigenvalue weighted by Crippen LogP contribution is 2.43. The SMILES string of the molecule is CCCCCCCC/C=C\CCCCCCCCCC(=O)OCC(COP(=O)(O)OCC(CO)OC(=O)CCCCCCCCCCCCC)OC(=O)CCCCCCC/C=C\CCCCCCCC. The van der Waals surface area contributed by atoms with Crippen molar-refractivity contribution in [2.24, 2.45) is 0 Å². The van der Waals surface area contributed by atoms with E-state index in [4.69, 9.17) is 23.3 Å². The first-order chi connectivity index (χ1) is 34.2. The van der Waals surface area contributed by atoms with Gasteiger partial charge in [0.15, 0.2) is 6.10 Å². The third-order valence-corrected chi connectivity index (χ3v) is 13.8. The molecular weight excluding hydrogens is 904 g/mol. The van der Waals surface area contributed by atoms with E-state index < -0.39 is 57.8 Å². The molecule has 70 heavy (non-hydrogen) atoms. The monoisotopic (exact) mass is 1010 g/mol. The number of rotatable bonds is 55. The van der Waals surface area contributed by atoms with Crippen LogP contribution < -0.4 is 0 Å². The van der Waals surface area contributed by atoms with Gasteiger partial charge >= 0.3 is 25.7 Å². The summed E-state index contributed by atoms with van der Waals surface area (Å²) in [6.07, 6.45) is 52.8. The van der Waals surface area contributed by atoms with Crippen molar-refractivity contribution in [3.05, 3.63) is 24.3 Å². The zero-order valence-corrected chi connectivity index (χ0v) is 46.4. The predicted octanol–water partition coefficient (Wildman–Crippen LogP) is 17.0. The molecular formula is C58H109O11P. The summed E-state index contributed by atoms with van der Waals surface area (Å²) in [6, 6.07) is 0. The number of aliphatic hydroxyl groups is 1. The highest BCUT2D eigenvalue weighted by molar-refractivity contribution is 7.47. The zero-order chi connectivity index (χ0) is 51.3. The molecule has 0 aromatic heterocycles. The highest BCUT2D eigenvalue weighted by Gasteiger charge is 2.28. The van der Waals surface area contributed by atoms with Gasteiger partial charge in [-0.15, -0.1) is 0 Å². The molecule has 3 unspecified atom stereocenters. The van der Waals surface area contributed by atoms with Crippen LogP contribution in [0.1, 0.15) is 290 Å². The molecule has 3 atom stereocenters. The Bertz CT molecular complexity index is 1270. The summed E-state index contributed by atoms with van der Waals surface area (Å²) in [5.41, 5.74) is 0. The Hall–Kier alpha value is -2.04. The van der Waals surface area contributed by atoms with Crippen LogP contribution >= 0.6 is 7.82 Å². The van der Waals surface area contributed by atoms with E-state index in [2.05, 4.69) is 45.1 Å². The maximum atomic E-state index is 12.9. The van der Waals surface area contributed by atoms with Gasteiger partial charge < -0.3 is 24.2 Å². The summed E-state index contributed by atoms with van der Waals surface area (Å²) in [6.45, 7) is 4.65. The van der Waals surface area contributed by atoms with Crippen LogP contribution in [0.5, 0.6) is 0 Å². The van der Waals surface area contributed by atoms with Crippen LogP contribution in [0.4, 0.5) is 0 Å². The second-order valence-electron chi connectivity index (χ2n) is 19.8. The Labute approximate surface area is 429 Å². The van der Waals surface area contributed by atoms with E-state index in [-0.39, 0.29) is 25.9 Å². The third-order valence-electron chi connectivity index (χ3n) is 12.8. The fourth-order valence-electron chi connectivity index (χ4n) is 8.35. The highest BCUT2D eigenvalue weighted by atomic mass is 31.2. The largest absolute Gasteiger partial charge is 0.472 e. The smallest absolute Gasteiger partial charge is 0.462 e. The van der Waals surface area contributed by atoms with Crippen LogP contribution in [-0.4, -0.2) is 66.5 Å². The van der Waals surface area contributed by atoms with E-state index >= 15 is 0 Å². The number of hydrogen-bond acceptors (Lipinski definition) is 10. The Morgan fingerprint density at radius 1 is 0.386 bits per heavy atom. The predicted molar refractivity (Wildman–Crippen MR) is 289 cm³/mol. The van der Waals surface area contributed by atoms with Gasteiger partial charge in [0.25, 0.3) is 0 Å². The van der Waals surface area contributed by atoms with Crippen molar-refractivity contribution in [1.29, 1.82) is 0 Å². The number of unbranched alkanes of at least 4 members (excludes halogenated alkanes) is 34. The minimum Gasteiger partial charge on any atom is -0.462 e. The average Bonchev–Trinajstić information content (AvgIpc) is 3.35. The Kier molecular flexibility index (Phi) is 51.7. The van der Waals surface area contributed by atoms with E-state index in [1.807, 2.05) is 0 Å². The van der Waals surface area contributed by atoms with Crippen LogP contribution in [-0.2, 0) is 42.2 Å². The number of esters is 3. The lowest BCUT2D eigenvalue weighted by atomic mass is 10.1. The maximum Gasteiger partial charge on any atom is 0.472 e. The first-order valence-electron chi connectivity index (χ1n) is 29.2. The van der Waals surface area contributed by atoms with Gasteiger partial charge in [0.2, 0.25) is 0 Å². The molecule has 0 rings (SSSR count). The van der Waals surface area contributed by atoms with Gasteiger partial charge in [-0.25, -0.2) is 4.57 Å². The molecule has 0 aliphatic heterocycles. The molecule has 0 fully saturated rings. The lowest BCUT2D eigenvalue weighted by Crippen LogP contribution is -2.30. The van der Waals surface area contributed by atoms with E-state index in [0.29, 0.717) is 19.3 Å². The number of hydrogen-bond donors (Lipinski definition) is 2. The van der Waals surface area contributed by atoms with Gasteiger partial charge in [-0.1, -0.05) is 225 Å². The van der Waals surface area contributed by atoms with Crippen LogP contribution in [0.2, 0.25) is 0 Å². The number of phosphoric acid groups is 1. The average molecular weight is 1010 g/mol. The molecule has 0 aliphatic carbocycles. The molecule has 0 aromatic rings. The standard InChI is InChI=1S/C58H109O11P/c1-4-7-10-13-16-19-22-24-26-27-29-30-33-35-38-41-44-47-56(60)65-51-55(69-58(62)49-46-43-40-37-34-31-28-25-23-20-17-14-11-8-5-2)53-67-70(63,64)66-52-54(50-59)68-57(61)48-45-42-39-36-32-21-18-15-12-9-6-3/h24-26,28,54-55,59H,4-23,27,29-53H2,1-3H3,(H,63,64)/b26-24-,28-25-. The third kappa shape index (κ3) is 50.9. The zero-order valence-electron chi connectivity index (χ0n) is 45.5. The van der Waals surface area contributed by atoms with Crippen molar-refractivity contribution in [2.75, 3.05) is 26.4 Å². The van der Waals surface area contributed by atoms with Gasteiger partial charge in [0.05, 0.1) is 19.8 Å². The van der Waals surface area contributed by atoms with Crippen molar-refractivity contribution in [2.45, 2.75) is 303 Å². The molecule has 2 N–H and O–H groups in total. The van der Waals surface area contributed by atoms with Crippen LogP contribution in [0.3, 0.4) is 0 Å². The van der Waals surface area contributed by atoms with E-state index in [0.717, 1.165) is 83.5 Å². The number of aliphatic hydroxyl groups excluding tert-OH is 1. The van der Waals surface area contributed by atoms with Gasteiger partial charge in [-0.05, 0) is 70.6 Å². The van der Waals surface area contributed by atoms with Crippen molar-refractivity contribution in [1.82, 2.24) is 0 Å². The van der Waals surface area contributed by atoms with Gasteiger partial charge in [-0.2, -0.15) is 0 Å². The normalized spacial score (nSPS) is 13.5. The maximum absolute atomic E-state index is 12.9. The summed E-state index contributed by atoms with van der Waals surface area (Å²) in [7, 11) is -4.74. The van der Waals surface area contributed by atoms with Gasteiger partial charge in [0.1, 0.15) is 12.7 Å². The molecule has 0 aromatic carbocycles. The first kappa shape index (κ1) is 68.0. The topological polar surface area (TPSA) is 155 Å². The molecule has 11 nitrogen and oxygen atoms in total. The van der Waals surface area contributed by atoms with Crippen LogP contribution in [0.25, 0.3) is 0 Å². The summed E-state index contributed by atoms with van der Waals surface area (Å²) >= 11 is 0. The Morgan fingerprint density at radius 3 is 0.986 bits per heavy atom. The van der Waals surface area contributed by atoms with Crippen molar-refractivity contribution < 1.29 is 52.2 Å². The van der Waals surface area contributed by atoms with Crippen LogP contribution in [0, 0.1) is 0 Å². The number of carbonyl (C=O) groups excluding carboxylic acids is 3. The van der Waals surface area contributed by atoms with Gasteiger partial charge in [-0.3, -0.25) is 23.4 Å². The minimum absolute atomic E-state index is 0.161. The Morgan fingerprint density at radius 2 is 0.657 bits per heavy atom. The molecule has 0 aliphatic rings. The molecule has 0 bridgehead atoms. The molecule has 0 amide bonds. The van der Waals surface area contributed by atoms with Crippen molar-refractivity contribution >= 4 is 25.7 Å². The van der Waals surface area contributed by atoms with E-state index in [1.54, 1.807) is 0 Å². The molecule has 0 saturated heterocycles. The lowest BCUT2D eigenvalue weighted by molar-refractivity contribution is -0.161. The molecule has 0 radical (unpaired) electrons. The molecule has 412 valence electrons. The van der Waals surface area contributed by atoms with Gasteiger partial charge in [0, 0.05) is 19.3 Å². The minimum atomic E-state index is -4.74. The number of phosphoric ester groups is 1. The quantitative estimate of drug-likeness (QED) is 0.0197. The second kappa shape index (κ2) is 53.3.